The maximum absolute atomic E-state index is 13.4. The van der Waals surface area contributed by atoms with Crippen LogP contribution in [0.1, 0.15) is 50.1 Å². The zero-order valence-electron chi connectivity index (χ0n) is 12.0. The van der Waals surface area contributed by atoms with Gasteiger partial charge in [0.2, 0.25) is 0 Å². The van der Waals surface area contributed by atoms with Crippen molar-refractivity contribution >= 4 is 0 Å². The molecule has 19 heavy (non-hydrogen) atoms. The van der Waals surface area contributed by atoms with Crippen molar-refractivity contribution in [2.45, 2.75) is 50.1 Å². The molecule has 1 aliphatic rings. The fraction of sp³-hybridized carbons (Fsp3) is 0.625. The van der Waals surface area contributed by atoms with Crippen LogP contribution in [0.3, 0.4) is 0 Å². The van der Waals surface area contributed by atoms with E-state index in [0.29, 0.717) is 0 Å². The van der Waals surface area contributed by atoms with E-state index in [1.54, 1.807) is 12.1 Å². The maximum atomic E-state index is 13.4. The largest absolute Gasteiger partial charge is 0.322 e. The summed E-state index contributed by atoms with van der Waals surface area (Å²) in [4.78, 5) is 2.26. The highest BCUT2D eigenvalue weighted by atomic mass is 19.1. The summed E-state index contributed by atoms with van der Waals surface area (Å²) in [7, 11) is 4.20. The minimum Gasteiger partial charge on any atom is -0.322 e. The summed E-state index contributed by atoms with van der Waals surface area (Å²) in [5.74, 6) is -0.199. The molecule has 3 heteroatoms. The third-order valence-electron chi connectivity index (χ3n) is 4.65. The van der Waals surface area contributed by atoms with E-state index in [0.717, 1.165) is 18.4 Å². The minimum absolute atomic E-state index is 0.0374. The molecule has 1 aromatic carbocycles. The molecular weight excluding hydrogens is 239 g/mol. The van der Waals surface area contributed by atoms with Gasteiger partial charge in [0.25, 0.3) is 0 Å². The van der Waals surface area contributed by atoms with Crippen LogP contribution < -0.4 is 5.73 Å². The normalized spacial score (nSPS) is 21.1. The van der Waals surface area contributed by atoms with Gasteiger partial charge in [0.15, 0.2) is 0 Å². The van der Waals surface area contributed by atoms with Crippen molar-refractivity contribution in [3.05, 3.63) is 35.6 Å². The van der Waals surface area contributed by atoms with Gasteiger partial charge in [-0.25, -0.2) is 4.39 Å². The van der Waals surface area contributed by atoms with Crippen molar-refractivity contribution in [1.29, 1.82) is 0 Å². The molecule has 1 unspecified atom stereocenters. The first kappa shape index (κ1) is 14.5. The molecule has 0 radical (unpaired) electrons. The van der Waals surface area contributed by atoms with Crippen molar-refractivity contribution in [3.8, 4) is 0 Å². The average molecular weight is 264 g/mol. The zero-order chi connectivity index (χ0) is 13.9. The Bertz CT molecular complexity index is 409. The van der Waals surface area contributed by atoms with Gasteiger partial charge in [-0.15, -0.1) is 0 Å². The molecule has 0 aromatic heterocycles. The second-order valence-corrected chi connectivity index (χ2v) is 5.94. The molecule has 2 N–H and O–H groups in total. The summed E-state index contributed by atoms with van der Waals surface area (Å²) >= 11 is 0. The van der Waals surface area contributed by atoms with E-state index in [-0.39, 0.29) is 17.4 Å². The molecule has 0 spiro atoms. The molecule has 0 aliphatic heterocycles. The molecule has 0 bridgehead atoms. The summed E-state index contributed by atoms with van der Waals surface area (Å²) in [5, 5.41) is 0. The highest BCUT2D eigenvalue weighted by Gasteiger charge is 2.39. The third-order valence-corrected chi connectivity index (χ3v) is 4.65. The fourth-order valence-corrected chi connectivity index (χ4v) is 3.39. The predicted molar refractivity (Wildman–Crippen MR) is 77.4 cm³/mol. The second kappa shape index (κ2) is 6.02. The van der Waals surface area contributed by atoms with Crippen LogP contribution in [0.5, 0.6) is 0 Å². The van der Waals surface area contributed by atoms with E-state index in [1.165, 1.54) is 31.7 Å². The Hall–Kier alpha value is -0.930. The van der Waals surface area contributed by atoms with Gasteiger partial charge in [-0.05, 0) is 44.6 Å². The van der Waals surface area contributed by atoms with Crippen LogP contribution in [-0.4, -0.2) is 24.5 Å². The minimum atomic E-state index is -0.199. The monoisotopic (exact) mass is 264 g/mol. The Morgan fingerprint density at radius 3 is 2.32 bits per heavy atom. The van der Waals surface area contributed by atoms with Crippen molar-refractivity contribution in [1.82, 2.24) is 4.90 Å². The first-order chi connectivity index (χ1) is 9.06. The van der Waals surface area contributed by atoms with Crippen molar-refractivity contribution in [3.63, 3.8) is 0 Å². The van der Waals surface area contributed by atoms with Gasteiger partial charge < -0.3 is 10.6 Å². The molecule has 1 atom stereocenters. The topological polar surface area (TPSA) is 29.3 Å². The molecule has 1 saturated carbocycles. The van der Waals surface area contributed by atoms with E-state index in [4.69, 9.17) is 5.73 Å². The standard InChI is InChI=1S/C16H25FN2/c1-19(2)16(10-5-3-4-6-11-16)15(18)13-8-7-9-14(17)12-13/h7-9,12,15H,3-6,10-11,18H2,1-2H3. The SMILES string of the molecule is CN(C)C1(C(N)c2cccc(F)c2)CCCCCC1. The summed E-state index contributed by atoms with van der Waals surface area (Å²) in [6.45, 7) is 0. The summed E-state index contributed by atoms with van der Waals surface area (Å²) in [6.07, 6.45) is 7.18. The lowest BCUT2D eigenvalue weighted by Gasteiger charge is -2.44. The van der Waals surface area contributed by atoms with Gasteiger partial charge in [0.05, 0.1) is 0 Å². The lowest BCUT2D eigenvalue weighted by molar-refractivity contribution is 0.0968. The number of hydrogen-bond acceptors (Lipinski definition) is 2. The summed E-state index contributed by atoms with van der Waals surface area (Å²) in [5.41, 5.74) is 7.41. The molecule has 1 fully saturated rings. The number of hydrogen-bond donors (Lipinski definition) is 1. The van der Waals surface area contributed by atoms with E-state index < -0.39 is 0 Å². The smallest absolute Gasteiger partial charge is 0.123 e. The molecule has 106 valence electrons. The van der Waals surface area contributed by atoms with Crippen molar-refractivity contribution in [2.24, 2.45) is 5.73 Å². The van der Waals surface area contributed by atoms with Crippen LogP contribution in [0.25, 0.3) is 0 Å². The Kier molecular flexibility index (Phi) is 4.58. The molecular formula is C16H25FN2. The van der Waals surface area contributed by atoms with Gasteiger partial charge in [-0.3, -0.25) is 0 Å². The average Bonchev–Trinajstić information content (AvgIpc) is 2.64. The number of nitrogens with zero attached hydrogens (tertiary/aromatic N) is 1. The summed E-state index contributed by atoms with van der Waals surface area (Å²) in [6, 6.07) is 6.64. The van der Waals surface area contributed by atoms with E-state index >= 15 is 0 Å². The number of rotatable bonds is 3. The number of likely N-dealkylation sites (N-methyl/N-ethyl adjacent to an activating group) is 1. The Morgan fingerprint density at radius 1 is 1.16 bits per heavy atom. The van der Waals surface area contributed by atoms with Gasteiger partial charge >= 0.3 is 0 Å². The molecule has 2 rings (SSSR count). The molecule has 0 amide bonds. The zero-order valence-corrected chi connectivity index (χ0v) is 12.0. The van der Waals surface area contributed by atoms with Crippen molar-refractivity contribution < 1.29 is 4.39 Å². The van der Waals surface area contributed by atoms with Crippen LogP contribution in [0.4, 0.5) is 4.39 Å². The van der Waals surface area contributed by atoms with Gasteiger partial charge in [0, 0.05) is 11.6 Å². The van der Waals surface area contributed by atoms with Crippen LogP contribution in [0.15, 0.2) is 24.3 Å². The Balaban J connectivity index is 2.32. The van der Waals surface area contributed by atoms with E-state index in [9.17, 15) is 4.39 Å². The lowest BCUT2D eigenvalue weighted by Crippen LogP contribution is -2.52. The maximum Gasteiger partial charge on any atom is 0.123 e. The van der Waals surface area contributed by atoms with E-state index in [1.807, 2.05) is 6.07 Å². The highest BCUT2D eigenvalue weighted by Crippen LogP contribution is 2.39. The van der Waals surface area contributed by atoms with Gasteiger partial charge in [-0.1, -0.05) is 37.8 Å². The number of nitrogens with two attached hydrogens (primary N) is 1. The Labute approximate surface area is 115 Å². The molecule has 0 heterocycles. The third kappa shape index (κ3) is 2.98. The molecule has 1 aromatic rings. The highest BCUT2D eigenvalue weighted by molar-refractivity contribution is 5.24. The first-order valence-electron chi connectivity index (χ1n) is 7.25. The lowest BCUT2D eigenvalue weighted by atomic mass is 9.78. The number of halogens is 1. The predicted octanol–water partition coefficient (Wildman–Crippen LogP) is 3.48. The van der Waals surface area contributed by atoms with Crippen LogP contribution >= 0.6 is 0 Å². The first-order valence-corrected chi connectivity index (χ1v) is 7.25. The summed E-state index contributed by atoms with van der Waals surface area (Å²) < 4.78 is 13.4. The van der Waals surface area contributed by atoms with E-state index in [2.05, 4.69) is 19.0 Å². The Morgan fingerprint density at radius 2 is 1.79 bits per heavy atom. The van der Waals surface area contributed by atoms with Crippen LogP contribution in [0.2, 0.25) is 0 Å². The van der Waals surface area contributed by atoms with Gasteiger partial charge in [-0.2, -0.15) is 0 Å². The molecule has 0 saturated heterocycles. The quantitative estimate of drug-likeness (QED) is 0.847. The van der Waals surface area contributed by atoms with Crippen molar-refractivity contribution in [2.75, 3.05) is 14.1 Å². The molecule has 2 nitrogen and oxygen atoms in total. The van der Waals surface area contributed by atoms with Crippen LogP contribution in [-0.2, 0) is 0 Å². The van der Waals surface area contributed by atoms with Crippen LogP contribution in [0, 0.1) is 5.82 Å². The number of benzene rings is 1. The second-order valence-electron chi connectivity index (χ2n) is 5.94. The van der Waals surface area contributed by atoms with Gasteiger partial charge in [0.1, 0.15) is 5.82 Å². The fourth-order valence-electron chi connectivity index (χ4n) is 3.39. The molecule has 1 aliphatic carbocycles.